The van der Waals surface area contributed by atoms with Crippen molar-refractivity contribution in [1.29, 1.82) is 0 Å². The fourth-order valence-corrected chi connectivity index (χ4v) is 8.87. The van der Waals surface area contributed by atoms with Crippen molar-refractivity contribution in [1.82, 2.24) is 19.5 Å². The molecule has 3 heterocycles. The maximum Gasteiger partial charge on any atom is 0.238 e. The van der Waals surface area contributed by atoms with E-state index < -0.39 is 0 Å². The van der Waals surface area contributed by atoms with E-state index in [0.29, 0.717) is 23.1 Å². The molecule has 12 rings (SSSR count). The Morgan fingerprint density at radius 3 is 1.86 bits per heavy atom. The van der Waals surface area contributed by atoms with E-state index in [9.17, 15) is 0 Å². The monoisotopic (exact) mass is 758 g/mol. The highest BCUT2D eigenvalue weighted by molar-refractivity contribution is 6.18. The van der Waals surface area contributed by atoms with Crippen molar-refractivity contribution in [3.8, 4) is 51.0 Å². The van der Waals surface area contributed by atoms with E-state index in [2.05, 4.69) is 115 Å². The fourth-order valence-electron chi connectivity index (χ4n) is 8.87. The number of hydrogen-bond acceptors (Lipinski definition) is 4. The van der Waals surface area contributed by atoms with Crippen LogP contribution in [0.15, 0.2) is 192 Å². The van der Waals surface area contributed by atoms with Gasteiger partial charge in [-0.3, -0.25) is 4.57 Å². The zero-order valence-electron chi connectivity index (χ0n) is 31.5. The highest BCUT2D eigenvalue weighted by atomic mass is 19.1. The molecule has 276 valence electrons. The molecule has 0 spiro atoms. The molecular weight excluding hydrogens is 728 g/mol. The average Bonchev–Trinajstić information content (AvgIpc) is 3.84. The summed E-state index contributed by atoms with van der Waals surface area (Å²) in [5, 5.41) is 8.25. The fraction of sp³-hybridized carbons (Fsp3) is 0. The van der Waals surface area contributed by atoms with E-state index in [-0.39, 0.29) is 5.82 Å². The molecule has 6 heteroatoms. The number of fused-ring (bicyclic) bond motifs is 9. The number of halogens is 1. The summed E-state index contributed by atoms with van der Waals surface area (Å²) in [6.45, 7) is 0. The normalized spacial score (nSPS) is 11.8. The summed E-state index contributed by atoms with van der Waals surface area (Å²) in [7, 11) is 0. The Hall–Kier alpha value is -7.96. The second-order valence-corrected chi connectivity index (χ2v) is 14.9. The molecule has 5 nitrogen and oxygen atoms in total. The van der Waals surface area contributed by atoms with Crippen LogP contribution < -0.4 is 0 Å². The minimum Gasteiger partial charge on any atom is -0.456 e. The molecule has 0 atom stereocenters. The molecule has 0 radical (unpaired) electrons. The minimum atomic E-state index is -0.338. The van der Waals surface area contributed by atoms with Crippen LogP contribution in [0.1, 0.15) is 0 Å². The van der Waals surface area contributed by atoms with Crippen molar-refractivity contribution in [2.45, 2.75) is 0 Å². The van der Waals surface area contributed by atoms with Gasteiger partial charge in [0.1, 0.15) is 17.0 Å². The Morgan fingerprint density at radius 2 is 1.03 bits per heavy atom. The molecule has 0 fully saturated rings. The predicted molar refractivity (Wildman–Crippen MR) is 238 cm³/mol. The summed E-state index contributed by atoms with van der Waals surface area (Å²) in [5.41, 5.74) is 9.32. The number of para-hydroxylation sites is 1. The lowest BCUT2D eigenvalue weighted by Gasteiger charge is -2.14. The SMILES string of the molecule is Fc1ccc2c3ccc4ccccc4c3n(-c3nc(-c4ccc(-c5cccc6cccc(-c7ccccc7)c56)cc4)nc(-c4cccc5oc6ccccc6c45)n3)c2c1. The quantitative estimate of drug-likeness (QED) is 0.175. The Kier molecular flexibility index (Phi) is 7.34. The first-order chi connectivity index (χ1) is 29.2. The molecule has 59 heavy (non-hydrogen) atoms. The highest BCUT2D eigenvalue weighted by Crippen LogP contribution is 2.40. The van der Waals surface area contributed by atoms with Crippen molar-refractivity contribution in [2.24, 2.45) is 0 Å². The molecule has 0 aliphatic heterocycles. The smallest absolute Gasteiger partial charge is 0.238 e. The maximum absolute atomic E-state index is 15.3. The number of rotatable bonds is 5. The number of nitrogens with zero attached hydrogens (tertiary/aromatic N) is 4. The van der Waals surface area contributed by atoms with Crippen LogP contribution in [0.3, 0.4) is 0 Å². The van der Waals surface area contributed by atoms with Gasteiger partial charge in [-0.15, -0.1) is 0 Å². The molecule has 9 aromatic carbocycles. The van der Waals surface area contributed by atoms with Gasteiger partial charge < -0.3 is 4.42 Å². The van der Waals surface area contributed by atoms with Gasteiger partial charge in [-0.1, -0.05) is 158 Å². The van der Waals surface area contributed by atoms with Crippen LogP contribution in [0.5, 0.6) is 0 Å². The Labute approximate surface area is 337 Å². The molecule has 0 aliphatic rings. The average molecular weight is 759 g/mol. The summed E-state index contributed by atoms with van der Waals surface area (Å²) >= 11 is 0. The lowest BCUT2D eigenvalue weighted by Crippen LogP contribution is -2.07. The molecule has 0 saturated carbocycles. The van der Waals surface area contributed by atoms with Crippen LogP contribution in [-0.4, -0.2) is 19.5 Å². The summed E-state index contributed by atoms with van der Waals surface area (Å²) in [5.74, 6) is 1.03. The lowest BCUT2D eigenvalue weighted by molar-refractivity contribution is 0.629. The highest BCUT2D eigenvalue weighted by Gasteiger charge is 2.22. The van der Waals surface area contributed by atoms with Crippen molar-refractivity contribution >= 4 is 65.3 Å². The van der Waals surface area contributed by atoms with Gasteiger partial charge in [0.15, 0.2) is 11.6 Å². The first-order valence-electron chi connectivity index (χ1n) is 19.6. The molecule has 0 saturated heterocycles. The molecule has 0 amide bonds. The van der Waals surface area contributed by atoms with Gasteiger partial charge in [0, 0.05) is 38.1 Å². The largest absolute Gasteiger partial charge is 0.456 e. The van der Waals surface area contributed by atoms with Crippen LogP contribution in [0.4, 0.5) is 4.39 Å². The van der Waals surface area contributed by atoms with Crippen molar-refractivity contribution < 1.29 is 8.81 Å². The summed E-state index contributed by atoms with van der Waals surface area (Å²) in [4.78, 5) is 15.7. The third kappa shape index (κ3) is 5.27. The molecule has 3 aromatic heterocycles. The standard InChI is InChI=1S/C53H31FN4O/c54-37-28-30-41-42-29-27-33-13-4-5-16-40(33)50(42)58(45(41)31-37)53-56-51(55-52(57-53)44-20-10-22-47-49(44)43-17-6-7-21-46(43)59-47)36-25-23-34(24-26-36)39-19-9-15-35-14-8-18-38(48(35)39)32-11-2-1-3-12-32/h1-31H. The van der Waals surface area contributed by atoms with Crippen molar-refractivity contribution in [2.75, 3.05) is 0 Å². The Balaban J connectivity index is 1.11. The zero-order chi connectivity index (χ0) is 39.0. The Morgan fingerprint density at radius 1 is 0.407 bits per heavy atom. The molecular formula is C53H31FN4O. The van der Waals surface area contributed by atoms with E-state index in [4.69, 9.17) is 19.4 Å². The lowest BCUT2D eigenvalue weighted by atomic mass is 9.91. The second kappa shape index (κ2) is 13.0. The van der Waals surface area contributed by atoms with E-state index in [1.807, 2.05) is 65.2 Å². The van der Waals surface area contributed by atoms with Crippen LogP contribution in [0.2, 0.25) is 0 Å². The van der Waals surface area contributed by atoms with E-state index in [1.165, 1.54) is 28.0 Å². The first-order valence-corrected chi connectivity index (χ1v) is 19.6. The van der Waals surface area contributed by atoms with Gasteiger partial charge in [-0.05, 0) is 68.7 Å². The topological polar surface area (TPSA) is 56.7 Å². The van der Waals surface area contributed by atoms with Gasteiger partial charge in [0.25, 0.3) is 0 Å². The molecule has 0 bridgehead atoms. The van der Waals surface area contributed by atoms with Crippen LogP contribution in [0.25, 0.3) is 116 Å². The molecule has 0 unspecified atom stereocenters. The van der Waals surface area contributed by atoms with Gasteiger partial charge in [-0.25, -0.2) is 9.37 Å². The zero-order valence-corrected chi connectivity index (χ0v) is 31.5. The molecule has 0 N–H and O–H groups in total. The maximum atomic E-state index is 15.3. The third-order valence-corrected chi connectivity index (χ3v) is 11.5. The molecule has 0 aliphatic carbocycles. The third-order valence-electron chi connectivity index (χ3n) is 11.5. The Bertz CT molecular complexity index is 3620. The van der Waals surface area contributed by atoms with Gasteiger partial charge in [0.05, 0.1) is 11.0 Å². The van der Waals surface area contributed by atoms with Crippen LogP contribution in [0, 0.1) is 5.82 Å². The van der Waals surface area contributed by atoms with Gasteiger partial charge in [0.2, 0.25) is 5.95 Å². The molecule has 12 aromatic rings. The van der Waals surface area contributed by atoms with Gasteiger partial charge >= 0.3 is 0 Å². The minimum absolute atomic E-state index is 0.338. The van der Waals surface area contributed by atoms with Crippen molar-refractivity contribution in [3.05, 3.63) is 194 Å². The summed E-state index contributed by atoms with van der Waals surface area (Å²) in [6, 6.07) is 63.3. The van der Waals surface area contributed by atoms with Crippen molar-refractivity contribution in [3.63, 3.8) is 0 Å². The number of benzene rings is 9. The van der Waals surface area contributed by atoms with Crippen LogP contribution in [-0.2, 0) is 0 Å². The van der Waals surface area contributed by atoms with E-state index in [0.717, 1.165) is 71.3 Å². The summed E-state index contributed by atoms with van der Waals surface area (Å²) < 4.78 is 23.6. The van der Waals surface area contributed by atoms with E-state index in [1.54, 1.807) is 6.07 Å². The summed E-state index contributed by atoms with van der Waals surface area (Å²) in [6.07, 6.45) is 0. The number of hydrogen-bond donors (Lipinski definition) is 0. The van der Waals surface area contributed by atoms with Crippen LogP contribution >= 0.6 is 0 Å². The first kappa shape index (κ1) is 33.2. The number of furan rings is 1. The predicted octanol–water partition coefficient (Wildman–Crippen LogP) is 14.0. The second-order valence-electron chi connectivity index (χ2n) is 14.9. The van der Waals surface area contributed by atoms with Gasteiger partial charge in [-0.2, -0.15) is 9.97 Å². The van der Waals surface area contributed by atoms with E-state index >= 15 is 4.39 Å². The number of aromatic nitrogens is 4.